The number of para-hydroxylation sites is 1. The second-order valence-corrected chi connectivity index (χ2v) is 21.8. The number of benzene rings is 6. The van der Waals surface area contributed by atoms with E-state index in [4.69, 9.17) is 0 Å². The van der Waals surface area contributed by atoms with Crippen LogP contribution >= 0.6 is 0 Å². The quantitative estimate of drug-likeness (QED) is 0.158. The van der Waals surface area contributed by atoms with Crippen molar-refractivity contribution in [2.75, 3.05) is 9.80 Å². The molecule has 6 aromatic rings. The Morgan fingerprint density at radius 2 is 1.08 bits per heavy atom. The third kappa shape index (κ3) is 6.02. The minimum Gasteiger partial charge on any atom is -0.335 e. The molecule has 17 rings (SSSR count). The zero-order valence-corrected chi connectivity index (χ0v) is 37.0. The van der Waals surface area contributed by atoms with Crippen molar-refractivity contribution in [3.05, 3.63) is 172 Å². The van der Waals surface area contributed by atoms with Crippen molar-refractivity contribution in [2.45, 2.75) is 121 Å². The van der Waals surface area contributed by atoms with Gasteiger partial charge in [-0.1, -0.05) is 105 Å². The fraction of sp³-hybridized carbons (Fsp3) is 0.400. The summed E-state index contributed by atoms with van der Waals surface area (Å²) in [4.78, 5) is 5.54. The summed E-state index contributed by atoms with van der Waals surface area (Å²) in [5.41, 5.74) is 20.1. The van der Waals surface area contributed by atoms with Crippen molar-refractivity contribution in [1.82, 2.24) is 0 Å². The maximum atomic E-state index is 2.98. The molecule has 0 radical (unpaired) electrons. The summed E-state index contributed by atoms with van der Waals surface area (Å²) in [6.45, 7) is 4.90. The Bertz CT molecular complexity index is 2650. The molecular weight excluding hydrogens is 749 g/mol. The van der Waals surface area contributed by atoms with Gasteiger partial charge >= 0.3 is 0 Å². The molecular formula is C60H62N2. The molecule has 11 aliphatic carbocycles. The Morgan fingerprint density at radius 3 is 1.76 bits per heavy atom. The molecule has 0 aliphatic heterocycles. The van der Waals surface area contributed by atoms with E-state index in [9.17, 15) is 0 Å². The first kappa shape index (κ1) is 37.5. The number of nitrogens with zero attached hydrogens (tertiary/aromatic N) is 2. The summed E-state index contributed by atoms with van der Waals surface area (Å²) in [6.07, 6.45) is 18.2. The van der Waals surface area contributed by atoms with Crippen LogP contribution in [0.2, 0.25) is 0 Å². The minimum absolute atomic E-state index is 0.0223. The molecule has 11 aliphatic rings. The van der Waals surface area contributed by atoms with E-state index in [0.29, 0.717) is 0 Å². The van der Waals surface area contributed by atoms with E-state index in [1.165, 1.54) is 137 Å². The van der Waals surface area contributed by atoms with Crippen LogP contribution in [0.3, 0.4) is 0 Å². The van der Waals surface area contributed by atoms with Crippen molar-refractivity contribution in [3.63, 3.8) is 0 Å². The van der Waals surface area contributed by atoms with Crippen molar-refractivity contribution in [3.8, 4) is 11.1 Å². The number of hydrogen-bond donors (Lipinski definition) is 0. The Balaban J connectivity index is 0.889. The van der Waals surface area contributed by atoms with Gasteiger partial charge in [-0.15, -0.1) is 0 Å². The van der Waals surface area contributed by atoms with E-state index in [-0.39, 0.29) is 11.0 Å². The van der Waals surface area contributed by atoms with Crippen LogP contribution < -0.4 is 9.80 Å². The van der Waals surface area contributed by atoms with E-state index in [1.807, 2.05) is 0 Å². The predicted octanol–water partition coefficient (Wildman–Crippen LogP) is 15.4. The molecule has 6 aromatic carbocycles. The first-order chi connectivity index (χ1) is 30.3. The lowest BCUT2D eigenvalue weighted by Gasteiger charge is -2.61. The minimum atomic E-state index is -0.0223. The molecule has 6 saturated carbocycles. The first-order valence-electron chi connectivity index (χ1n) is 24.6. The van der Waals surface area contributed by atoms with E-state index in [2.05, 4.69) is 157 Å². The Morgan fingerprint density at radius 1 is 0.468 bits per heavy atom. The van der Waals surface area contributed by atoms with Crippen molar-refractivity contribution < 1.29 is 0 Å². The topological polar surface area (TPSA) is 6.48 Å². The number of hydrogen-bond acceptors (Lipinski definition) is 2. The number of anilines is 5. The smallest absolute Gasteiger partial charge is 0.0496 e. The van der Waals surface area contributed by atoms with Gasteiger partial charge in [0, 0.05) is 39.4 Å². The highest BCUT2D eigenvalue weighted by molar-refractivity contribution is 5.84. The van der Waals surface area contributed by atoms with Gasteiger partial charge in [0.2, 0.25) is 0 Å². The molecule has 2 heteroatoms. The van der Waals surface area contributed by atoms with E-state index in [0.717, 1.165) is 61.2 Å². The molecule has 2 nitrogen and oxygen atoms in total. The summed E-state index contributed by atoms with van der Waals surface area (Å²) in [7, 11) is 0. The number of rotatable bonds is 7. The fourth-order valence-corrected chi connectivity index (χ4v) is 15.3. The molecule has 312 valence electrons. The molecule has 3 unspecified atom stereocenters. The van der Waals surface area contributed by atoms with Crippen molar-refractivity contribution >= 4 is 28.4 Å². The molecule has 0 spiro atoms. The van der Waals surface area contributed by atoms with E-state index >= 15 is 0 Å². The average molecular weight is 811 g/mol. The van der Waals surface area contributed by atoms with Gasteiger partial charge in [0.05, 0.1) is 0 Å². The fourth-order valence-electron chi connectivity index (χ4n) is 15.3. The highest BCUT2D eigenvalue weighted by Crippen LogP contribution is 2.61. The summed E-state index contributed by atoms with van der Waals surface area (Å²) in [5, 5.41) is 0. The molecule has 0 N–H and O–H groups in total. The van der Waals surface area contributed by atoms with E-state index in [1.54, 1.807) is 5.56 Å². The largest absolute Gasteiger partial charge is 0.335 e. The lowest BCUT2D eigenvalue weighted by atomic mass is 9.52. The van der Waals surface area contributed by atoms with Crippen LogP contribution in [0, 0.1) is 29.6 Å². The molecule has 0 saturated heterocycles. The molecule has 0 heterocycles. The summed E-state index contributed by atoms with van der Waals surface area (Å²) >= 11 is 0. The Hall–Kier alpha value is -5.08. The Labute approximate surface area is 370 Å². The molecule has 10 bridgehead atoms. The molecule has 0 aromatic heterocycles. The number of aryl methyl sites for hydroxylation is 4. The van der Waals surface area contributed by atoms with Crippen molar-refractivity contribution in [1.29, 1.82) is 0 Å². The summed E-state index contributed by atoms with van der Waals surface area (Å²) in [5.74, 6) is 5.21. The normalized spacial score (nSPS) is 28.1. The summed E-state index contributed by atoms with van der Waals surface area (Å²) in [6, 6.07) is 52.9. The van der Waals surface area contributed by atoms with Gasteiger partial charge in [-0.25, -0.2) is 0 Å². The average Bonchev–Trinajstić information content (AvgIpc) is 3.98. The van der Waals surface area contributed by atoms with Gasteiger partial charge in [0.15, 0.2) is 0 Å². The zero-order chi connectivity index (χ0) is 41.2. The SMILES string of the molecule is CC1(C)c2ccccc2-c2ccc(N(c3cc4ccc3CCc3ccc(c(N(c5ccccc5)c5ccc(C6CC7CCC6C7)cc5)c3)CC4)C34CC5CC(CC(C5)C3)C4)cc21. The number of fused-ring (bicyclic) bond motifs is 5. The monoisotopic (exact) mass is 810 g/mol. The van der Waals surface area contributed by atoms with Crippen LogP contribution in [0.1, 0.15) is 123 Å². The molecule has 0 amide bonds. The third-order valence-corrected chi connectivity index (χ3v) is 17.8. The Kier molecular flexibility index (Phi) is 8.59. The third-order valence-electron chi connectivity index (χ3n) is 17.8. The molecule has 6 fully saturated rings. The van der Waals surface area contributed by atoms with Crippen LogP contribution in [-0.2, 0) is 31.1 Å². The second kappa shape index (κ2) is 14.2. The highest BCUT2D eigenvalue weighted by atomic mass is 15.2. The van der Waals surface area contributed by atoms with Crippen molar-refractivity contribution in [2.24, 2.45) is 29.6 Å². The second-order valence-electron chi connectivity index (χ2n) is 21.8. The van der Waals surface area contributed by atoms with Gasteiger partial charge in [0.25, 0.3) is 0 Å². The molecule has 3 atom stereocenters. The van der Waals surface area contributed by atoms with Crippen LogP contribution in [0.4, 0.5) is 28.4 Å². The zero-order valence-electron chi connectivity index (χ0n) is 37.0. The van der Waals surface area contributed by atoms with Crippen LogP contribution in [0.25, 0.3) is 11.1 Å². The standard InChI is InChI=1S/C60H62N2/c1-59(2)55-11-7-6-10-52(55)53-27-26-51(35-56(53)59)62(60-36-42-28-43(37-60)30-44(29-42)38-60)58-34-40-13-18-46-17-12-39(14-19-47(58)20-15-40)33-57(46)61(49-8-4-3-5-9-49)50-24-22-45(23-25-50)54-32-41-16-21-48(54)31-41/h3-12,15,17,20,22-27,33-35,41-44,48,54H,13-14,16,18-19,21,28-32,36-38H2,1-2H3. The van der Waals surface area contributed by atoms with E-state index < -0.39 is 0 Å². The highest BCUT2D eigenvalue weighted by Gasteiger charge is 2.54. The van der Waals surface area contributed by atoms with Gasteiger partial charge in [-0.2, -0.15) is 0 Å². The molecule has 62 heavy (non-hydrogen) atoms. The lowest BCUT2D eigenvalue weighted by molar-refractivity contribution is 0.000491. The lowest BCUT2D eigenvalue weighted by Crippen LogP contribution is -2.59. The maximum absolute atomic E-state index is 2.98. The van der Waals surface area contributed by atoms with Gasteiger partial charge in [-0.3, -0.25) is 0 Å². The van der Waals surface area contributed by atoms with Crippen LogP contribution in [0.15, 0.2) is 133 Å². The van der Waals surface area contributed by atoms with Crippen LogP contribution in [0.5, 0.6) is 0 Å². The maximum Gasteiger partial charge on any atom is 0.0496 e. The van der Waals surface area contributed by atoms with Gasteiger partial charge < -0.3 is 9.80 Å². The van der Waals surface area contributed by atoms with Gasteiger partial charge in [0.1, 0.15) is 0 Å². The first-order valence-corrected chi connectivity index (χ1v) is 24.6. The summed E-state index contributed by atoms with van der Waals surface area (Å²) < 4.78 is 0. The predicted molar refractivity (Wildman–Crippen MR) is 258 cm³/mol. The van der Waals surface area contributed by atoms with Crippen LogP contribution in [-0.4, -0.2) is 5.54 Å². The van der Waals surface area contributed by atoms with Gasteiger partial charge in [-0.05, 0) is 218 Å².